The average molecular weight is 487 g/mol. The van der Waals surface area contributed by atoms with Crippen LogP contribution in [0.15, 0.2) is 59.5 Å². The van der Waals surface area contributed by atoms with Crippen LogP contribution in [0.2, 0.25) is 0 Å². The zero-order valence-electron chi connectivity index (χ0n) is 18.9. The molecule has 1 aromatic heterocycles. The van der Waals surface area contributed by atoms with E-state index >= 15 is 0 Å². The van der Waals surface area contributed by atoms with Crippen LogP contribution >= 0.6 is 0 Å². The van der Waals surface area contributed by atoms with Gasteiger partial charge in [0.2, 0.25) is 10.0 Å². The van der Waals surface area contributed by atoms with E-state index in [4.69, 9.17) is 4.74 Å². The highest BCUT2D eigenvalue weighted by molar-refractivity contribution is 7.89. The predicted octanol–water partition coefficient (Wildman–Crippen LogP) is 2.94. The molecule has 2 aromatic carbocycles. The van der Waals surface area contributed by atoms with Crippen LogP contribution in [0.1, 0.15) is 22.5 Å². The van der Waals surface area contributed by atoms with E-state index in [1.165, 1.54) is 28.6 Å². The van der Waals surface area contributed by atoms with Crippen molar-refractivity contribution in [3.05, 3.63) is 71.7 Å². The first-order valence-electron chi connectivity index (χ1n) is 11.1. The van der Waals surface area contributed by atoms with Gasteiger partial charge >= 0.3 is 0 Å². The molecule has 1 aliphatic heterocycles. The molecule has 0 bridgehead atoms. The van der Waals surface area contributed by atoms with E-state index in [2.05, 4.69) is 10.2 Å². The number of nitrogens with one attached hydrogen (secondary N) is 1. The summed E-state index contributed by atoms with van der Waals surface area (Å²) in [6.07, 6.45) is 1.38. The molecule has 1 saturated heterocycles. The van der Waals surface area contributed by atoms with Crippen LogP contribution in [0.4, 0.5) is 4.39 Å². The third kappa shape index (κ3) is 5.52. The standard InChI is InChI=1S/C24H27FN4O4S/c1-28(11-3-6-21-17-23(27-26-21)19-4-2-5-20(25)16-19)24(30)18-7-9-22(10-8-18)34(31,32)29-12-14-33-15-13-29/h2,4-5,7-10,16-17H,3,6,11-15H2,1H3,(H,26,27). The minimum absolute atomic E-state index is 0.168. The Bertz CT molecular complexity index is 1240. The number of amides is 1. The van der Waals surface area contributed by atoms with Gasteiger partial charge in [0.25, 0.3) is 5.91 Å². The fourth-order valence-electron chi connectivity index (χ4n) is 3.82. The molecule has 34 heavy (non-hydrogen) atoms. The number of aromatic nitrogens is 2. The number of sulfonamides is 1. The molecule has 0 saturated carbocycles. The Kier molecular flexibility index (Phi) is 7.40. The lowest BCUT2D eigenvalue weighted by Gasteiger charge is -2.26. The smallest absolute Gasteiger partial charge is 0.253 e. The van der Waals surface area contributed by atoms with Crippen LogP contribution in [-0.4, -0.2) is 73.6 Å². The summed E-state index contributed by atoms with van der Waals surface area (Å²) in [4.78, 5) is 14.5. The number of benzene rings is 2. The Balaban J connectivity index is 1.31. The highest BCUT2D eigenvalue weighted by atomic mass is 32.2. The van der Waals surface area contributed by atoms with Crippen LogP contribution < -0.4 is 0 Å². The summed E-state index contributed by atoms with van der Waals surface area (Å²) >= 11 is 0. The molecule has 1 aliphatic rings. The molecule has 0 unspecified atom stereocenters. The second-order valence-corrected chi connectivity index (χ2v) is 10.1. The van der Waals surface area contributed by atoms with Gasteiger partial charge in [-0.05, 0) is 55.3 Å². The summed E-state index contributed by atoms with van der Waals surface area (Å²) in [5.74, 6) is -0.491. The summed E-state index contributed by atoms with van der Waals surface area (Å²) in [6, 6.07) is 14.2. The number of ether oxygens (including phenoxy) is 1. The first kappa shape index (κ1) is 24.1. The zero-order valence-corrected chi connectivity index (χ0v) is 19.7. The largest absolute Gasteiger partial charge is 0.379 e. The molecular weight excluding hydrogens is 459 g/mol. The quantitative estimate of drug-likeness (QED) is 0.528. The van der Waals surface area contributed by atoms with Crippen molar-refractivity contribution in [2.45, 2.75) is 17.7 Å². The van der Waals surface area contributed by atoms with Crippen molar-refractivity contribution in [2.24, 2.45) is 0 Å². The molecule has 1 fully saturated rings. The highest BCUT2D eigenvalue weighted by Crippen LogP contribution is 2.20. The van der Waals surface area contributed by atoms with Crippen LogP contribution in [0.5, 0.6) is 0 Å². The molecule has 1 amide bonds. The van der Waals surface area contributed by atoms with Crippen molar-refractivity contribution in [2.75, 3.05) is 39.9 Å². The van der Waals surface area contributed by atoms with Gasteiger partial charge in [-0.2, -0.15) is 9.40 Å². The minimum Gasteiger partial charge on any atom is -0.379 e. The number of hydrogen-bond donors (Lipinski definition) is 1. The van der Waals surface area contributed by atoms with Gasteiger partial charge in [-0.1, -0.05) is 12.1 Å². The highest BCUT2D eigenvalue weighted by Gasteiger charge is 2.26. The van der Waals surface area contributed by atoms with Crippen LogP contribution in [0.25, 0.3) is 11.3 Å². The first-order chi connectivity index (χ1) is 16.3. The molecule has 0 radical (unpaired) electrons. The van der Waals surface area contributed by atoms with Gasteiger partial charge in [-0.3, -0.25) is 9.89 Å². The molecule has 4 rings (SSSR count). The van der Waals surface area contributed by atoms with Gasteiger partial charge < -0.3 is 9.64 Å². The Morgan fingerprint density at radius 3 is 2.59 bits per heavy atom. The molecule has 1 N–H and O–H groups in total. The number of carbonyl (C=O) groups is 1. The van der Waals surface area contributed by atoms with Crippen molar-refractivity contribution < 1.29 is 22.3 Å². The van der Waals surface area contributed by atoms with E-state index < -0.39 is 10.0 Å². The predicted molar refractivity (Wildman–Crippen MR) is 125 cm³/mol. The molecule has 180 valence electrons. The number of H-pyrrole nitrogens is 1. The molecule has 0 atom stereocenters. The molecule has 8 nitrogen and oxygen atoms in total. The number of halogens is 1. The topological polar surface area (TPSA) is 95.6 Å². The van der Waals surface area contributed by atoms with E-state index in [0.29, 0.717) is 62.5 Å². The maximum atomic E-state index is 13.4. The number of carbonyl (C=O) groups excluding carboxylic acids is 1. The van der Waals surface area contributed by atoms with Gasteiger partial charge in [0.05, 0.1) is 23.8 Å². The second-order valence-electron chi connectivity index (χ2n) is 8.16. The summed E-state index contributed by atoms with van der Waals surface area (Å²) in [5.41, 5.74) is 2.70. The second kappa shape index (κ2) is 10.5. The van der Waals surface area contributed by atoms with Gasteiger partial charge in [0.1, 0.15) is 5.82 Å². The summed E-state index contributed by atoms with van der Waals surface area (Å²) in [5, 5.41) is 7.20. The molecule has 3 aromatic rings. The number of aryl methyl sites for hydroxylation is 1. The van der Waals surface area contributed by atoms with E-state index in [1.54, 1.807) is 36.2 Å². The number of hydrogen-bond acceptors (Lipinski definition) is 5. The van der Waals surface area contributed by atoms with E-state index in [1.807, 2.05) is 6.07 Å². The third-order valence-electron chi connectivity index (χ3n) is 5.75. The summed E-state index contributed by atoms with van der Waals surface area (Å²) < 4.78 is 45.5. The Morgan fingerprint density at radius 2 is 1.88 bits per heavy atom. The fraction of sp³-hybridized carbons (Fsp3) is 0.333. The molecule has 10 heteroatoms. The lowest BCUT2D eigenvalue weighted by atomic mass is 10.1. The third-order valence-corrected chi connectivity index (χ3v) is 7.66. The van der Waals surface area contributed by atoms with Crippen molar-refractivity contribution in [3.8, 4) is 11.3 Å². The van der Waals surface area contributed by atoms with E-state index in [9.17, 15) is 17.6 Å². The maximum Gasteiger partial charge on any atom is 0.253 e. The van der Waals surface area contributed by atoms with E-state index in [-0.39, 0.29) is 16.6 Å². The zero-order chi connectivity index (χ0) is 24.1. The first-order valence-corrected chi connectivity index (χ1v) is 12.5. The number of morpholine rings is 1. The molecule has 0 aliphatic carbocycles. The van der Waals surface area contributed by atoms with Crippen molar-refractivity contribution in [1.82, 2.24) is 19.4 Å². The number of nitrogens with zero attached hydrogens (tertiary/aromatic N) is 3. The van der Waals surface area contributed by atoms with Crippen molar-refractivity contribution in [1.29, 1.82) is 0 Å². The lowest BCUT2D eigenvalue weighted by molar-refractivity contribution is 0.0730. The van der Waals surface area contributed by atoms with Gasteiger partial charge in [0, 0.05) is 43.5 Å². The minimum atomic E-state index is -3.59. The SMILES string of the molecule is CN(CCCc1cc(-c2cccc(F)c2)n[nH]1)C(=O)c1ccc(S(=O)(=O)N2CCOCC2)cc1. The van der Waals surface area contributed by atoms with Crippen molar-refractivity contribution in [3.63, 3.8) is 0 Å². The Hall–Kier alpha value is -3.08. The summed E-state index contributed by atoms with van der Waals surface area (Å²) in [6.45, 7) is 1.93. The van der Waals surface area contributed by atoms with Crippen molar-refractivity contribution >= 4 is 15.9 Å². The molecular formula is C24H27FN4O4S. The Morgan fingerprint density at radius 1 is 1.15 bits per heavy atom. The average Bonchev–Trinajstić information content (AvgIpc) is 3.33. The van der Waals surface area contributed by atoms with Crippen LogP contribution in [-0.2, 0) is 21.2 Å². The Labute approximate surface area is 198 Å². The van der Waals surface area contributed by atoms with Crippen LogP contribution in [0, 0.1) is 5.82 Å². The molecule has 2 heterocycles. The number of aromatic amines is 1. The van der Waals surface area contributed by atoms with E-state index in [0.717, 1.165) is 5.69 Å². The summed E-state index contributed by atoms with van der Waals surface area (Å²) in [7, 11) is -1.88. The van der Waals surface area contributed by atoms with Gasteiger partial charge in [-0.15, -0.1) is 0 Å². The normalized spacial score (nSPS) is 14.8. The van der Waals surface area contributed by atoms with Gasteiger partial charge in [-0.25, -0.2) is 12.8 Å². The monoisotopic (exact) mass is 486 g/mol. The number of rotatable bonds is 8. The van der Waals surface area contributed by atoms with Gasteiger partial charge in [0.15, 0.2) is 0 Å². The molecule has 0 spiro atoms. The lowest BCUT2D eigenvalue weighted by Crippen LogP contribution is -2.40. The van der Waals surface area contributed by atoms with Crippen LogP contribution in [0.3, 0.4) is 0 Å². The maximum absolute atomic E-state index is 13.4. The fourth-order valence-corrected chi connectivity index (χ4v) is 5.23.